The van der Waals surface area contributed by atoms with Gasteiger partial charge < -0.3 is 10.4 Å². The van der Waals surface area contributed by atoms with E-state index in [1.165, 1.54) is 0 Å². The molecule has 5 heteroatoms. The van der Waals surface area contributed by atoms with Crippen molar-refractivity contribution in [1.82, 2.24) is 4.98 Å². The Hall–Kier alpha value is -2.35. The third-order valence-corrected chi connectivity index (χ3v) is 2.96. The Bertz CT molecular complexity index is 690. The Labute approximate surface area is 127 Å². The normalized spacial score (nSPS) is 9.62. The van der Waals surface area contributed by atoms with Crippen molar-refractivity contribution >= 4 is 23.2 Å². The Kier molecular flexibility index (Phi) is 5.33. The van der Waals surface area contributed by atoms with Crippen molar-refractivity contribution in [2.75, 3.05) is 11.9 Å². The fourth-order valence-corrected chi connectivity index (χ4v) is 1.78. The molecule has 21 heavy (non-hydrogen) atoms. The molecule has 0 bridgehead atoms. The minimum absolute atomic E-state index is 0.0201. The minimum Gasteiger partial charge on any atom is -0.395 e. The van der Waals surface area contributed by atoms with Gasteiger partial charge in [-0.05, 0) is 30.3 Å². The maximum atomic E-state index is 12.1. The molecule has 2 rings (SSSR count). The summed E-state index contributed by atoms with van der Waals surface area (Å²) in [6.45, 7) is 0.0201. The second-order valence-electron chi connectivity index (χ2n) is 4.16. The van der Waals surface area contributed by atoms with Crippen LogP contribution in [-0.2, 0) is 0 Å². The van der Waals surface area contributed by atoms with Crippen LogP contribution in [0.3, 0.4) is 0 Å². The van der Waals surface area contributed by atoms with E-state index in [9.17, 15) is 4.79 Å². The zero-order chi connectivity index (χ0) is 15.1. The summed E-state index contributed by atoms with van der Waals surface area (Å²) in [4.78, 5) is 15.9. The lowest BCUT2D eigenvalue weighted by Crippen LogP contribution is -2.12. The van der Waals surface area contributed by atoms with Crippen molar-refractivity contribution in [3.63, 3.8) is 0 Å². The largest absolute Gasteiger partial charge is 0.395 e. The number of nitrogens with zero attached hydrogens (tertiary/aromatic N) is 1. The lowest BCUT2D eigenvalue weighted by atomic mass is 10.2. The molecule has 1 amide bonds. The molecule has 1 aromatic carbocycles. The summed E-state index contributed by atoms with van der Waals surface area (Å²) in [6.07, 6.45) is 3.50. The van der Waals surface area contributed by atoms with E-state index < -0.39 is 0 Å². The standard InChI is InChI=1S/C16H13ClN2O2/c17-14-5-4-12(3-1-2-10-20)11-15(14)19-16(21)13-6-8-18-9-7-13/h4-9,11,20H,2,10H2,(H,19,21). The predicted molar refractivity (Wildman–Crippen MR) is 82.2 cm³/mol. The summed E-state index contributed by atoms with van der Waals surface area (Å²) in [5, 5.41) is 11.9. The van der Waals surface area contributed by atoms with E-state index in [2.05, 4.69) is 22.1 Å². The van der Waals surface area contributed by atoms with E-state index in [0.29, 0.717) is 22.7 Å². The molecule has 0 fully saturated rings. The maximum absolute atomic E-state index is 12.1. The molecule has 0 atom stereocenters. The molecule has 0 saturated heterocycles. The lowest BCUT2D eigenvalue weighted by Gasteiger charge is -2.07. The highest BCUT2D eigenvalue weighted by atomic mass is 35.5. The van der Waals surface area contributed by atoms with Gasteiger partial charge in [0.05, 0.1) is 17.3 Å². The summed E-state index contributed by atoms with van der Waals surface area (Å²) in [7, 11) is 0. The number of carbonyl (C=O) groups is 1. The number of amides is 1. The molecule has 106 valence electrons. The molecular weight excluding hydrogens is 288 g/mol. The number of aliphatic hydroxyl groups is 1. The molecular formula is C16H13ClN2O2. The van der Waals surface area contributed by atoms with Crippen molar-refractivity contribution < 1.29 is 9.90 Å². The van der Waals surface area contributed by atoms with E-state index in [0.717, 1.165) is 5.56 Å². The second kappa shape index (κ2) is 7.44. The Balaban J connectivity index is 2.18. The highest BCUT2D eigenvalue weighted by molar-refractivity contribution is 6.34. The van der Waals surface area contributed by atoms with E-state index in [4.69, 9.17) is 16.7 Å². The summed E-state index contributed by atoms with van der Waals surface area (Å²) in [5.74, 6) is 5.45. The molecule has 2 aromatic rings. The first-order valence-electron chi connectivity index (χ1n) is 6.31. The Morgan fingerprint density at radius 2 is 2.05 bits per heavy atom. The molecule has 0 saturated carbocycles. The van der Waals surface area contributed by atoms with Gasteiger partial charge in [-0.15, -0.1) is 0 Å². The van der Waals surface area contributed by atoms with Crippen molar-refractivity contribution in [3.05, 3.63) is 58.9 Å². The van der Waals surface area contributed by atoms with Crippen LogP contribution in [-0.4, -0.2) is 22.6 Å². The molecule has 1 aromatic heterocycles. The summed E-state index contributed by atoms with van der Waals surface area (Å²) in [6, 6.07) is 8.37. The third-order valence-electron chi connectivity index (χ3n) is 2.63. The van der Waals surface area contributed by atoms with Crippen LogP contribution in [0, 0.1) is 11.8 Å². The van der Waals surface area contributed by atoms with Crippen LogP contribution in [0.2, 0.25) is 5.02 Å². The van der Waals surface area contributed by atoms with Crippen LogP contribution in [0.25, 0.3) is 0 Å². The predicted octanol–water partition coefficient (Wildman–Crippen LogP) is 2.72. The Morgan fingerprint density at radius 1 is 1.29 bits per heavy atom. The minimum atomic E-state index is -0.264. The number of aliphatic hydroxyl groups excluding tert-OH is 1. The number of nitrogens with one attached hydrogen (secondary N) is 1. The molecule has 0 spiro atoms. The Morgan fingerprint density at radius 3 is 2.76 bits per heavy atom. The van der Waals surface area contributed by atoms with Crippen molar-refractivity contribution in [1.29, 1.82) is 0 Å². The van der Waals surface area contributed by atoms with Gasteiger partial charge >= 0.3 is 0 Å². The monoisotopic (exact) mass is 300 g/mol. The van der Waals surface area contributed by atoms with Gasteiger partial charge in [0.2, 0.25) is 0 Å². The number of rotatable bonds is 3. The lowest BCUT2D eigenvalue weighted by molar-refractivity contribution is 0.102. The van der Waals surface area contributed by atoms with Crippen LogP contribution in [0.1, 0.15) is 22.3 Å². The number of hydrogen-bond acceptors (Lipinski definition) is 3. The summed E-state index contributed by atoms with van der Waals surface area (Å²) >= 11 is 6.07. The van der Waals surface area contributed by atoms with Gasteiger partial charge in [0.25, 0.3) is 5.91 Å². The van der Waals surface area contributed by atoms with Gasteiger partial charge in [-0.1, -0.05) is 23.4 Å². The number of halogens is 1. The van der Waals surface area contributed by atoms with E-state index in [-0.39, 0.29) is 12.5 Å². The third kappa shape index (κ3) is 4.32. The number of aromatic nitrogens is 1. The van der Waals surface area contributed by atoms with Gasteiger partial charge in [-0.25, -0.2) is 0 Å². The number of pyridine rings is 1. The average molecular weight is 301 g/mol. The van der Waals surface area contributed by atoms with Crippen LogP contribution in [0.15, 0.2) is 42.7 Å². The number of anilines is 1. The van der Waals surface area contributed by atoms with Gasteiger partial charge in [0, 0.05) is 29.9 Å². The first-order chi connectivity index (χ1) is 10.2. The molecule has 4 nitrogen and oxygen atoms in total. The smallest absolute Gasteiger partial charge is 0.255 e. The van der Waals surface area contributed by atoms with Gasteiger partial charge in [-0.3, -0.25) is 9.78 Å². The van der Waals surface area contributed by atoms with Crippen LogP contribution in [0.4, 0.5) is 5.69 Å². The zero-order valence-corrected chi connectivity index (χ0v) is 11.9. The van der Waals surface area contributed by atoms with Crippen LogP contribution >= 0.6 is 11.6 Å². The number of benzene rings is 1. The van der Waals surface area contributed by atoms with Crippen LogP contribution < -0.4 is 5.32 Å². The maximum Gasteiger partial charge on any atom is 0.255 e. The topological polar surface area (TPSA) is 62.2 Å². The zero-order valence-electron chi connectivity index (χ0n) is 11.1. The molecule has 1 heterocycles. The van der Waals surface area contributed by atoms with E-state index >= 15 is 0 Å². The fraction of sp³-hybridized carbons (Fsp3) is 0.125. The average Bonchev–Trinajstić information content (AvgIpc) is 2.51. The molecule has 2 N–H and O–H groups in total. The SMILES string of the molecule is O=C(Nc1cc(C#CCCO)ccc1Cl)c1ccncc1. The highest BCUT2D eigenvalue weighted by Gasteiger charge is 2.08. The number of carbonyl (C=O) groups excluding carboxylic acids is 1. The molecule has 0 aliphatic rings. The quantitative estimate of drug-likeness (QED) is 0.857. The fourth-order valence-electron chi connectivity index (χ4n) is 1.62. The molecule has 0 unspecified atom stereocenters. The molecule has 0 aliphatic carbocycles. The van der Waals surface area contributed by atoms with Gasteiger partial charge in [0.15, 0.2) is 0 Å². The highest BCUT2D eigenvalue weighted by Crippen LogP contribution is 2.23. The van der Waals surface area contributed by atoms with Crippen LogP contribution in [0.5, 0.6) is 0 Å². The number of hydrogen-bond donors (Lipinski definition) is 2. The summed E-state index contributed by atoms with van der Waals surface area (Å²) in [5.41, 5.74) is 1.71. The molecule has 0 radical (unpaired) electrons. The molecule has 0 aliphatic heterocycles. The second-order valence-corrected chi connectivity index (χ2v) is 4.57. The van der Waals surface area contributed by atoms with Crippen molar-refractivity contribution in [2.24, 2.45) is 0 Å². The van der Waals surface area contributed by atoms with Crippen molar-refractivity contribution in [3.8, 4) is 11.8 Å². The first-order valence-corrected chi connectivity index (χ1v) is 6.69. The summed E-state index contributed by atoms with van der Waals surface area (Å²) < 4.78 is 0. The van der Waals surface area contributed by atoms with E-state index in [1.807, 2.05) is 0 Å². The van der Waals surface area contributed by atoms with Gasteiger partial charge in [-0.2, -0.15) is 0 Å². The van der Waals surface area contributed by atoms with Gasteiger partial charge in [0.1, 0.15) is 0 Å². The first kappa shape index (κ1) is 15.0. The van der Waals surface area contributed by atoms with E-state index in [1.54, 1.807) is 42.7 Å². The van der Waals surface area contributed by atoms with Crippen molar-refractivity contribution in [2.45, 2.75) is 6.42 Å².